The van der Waals surface area contributed by atoms with Crippen LogP contribution < -0.4 is 0 Å². The van der Waals surface area contributed by atoms with Crippen molar-refractivity contribution in [2.24, 2.45) is 0 Å². The van der Waals surface area contributed by atoms with E-state index in [9.17, 15) is 0 Å². The van der Waals surface area contributed by atoms with Gasteiger partial charge >= 0.3 is 0 Å². The number of fused-ring (bicyclic) bond motifs is 7. The first-order valence-corrected chi connectivity index (χ1v) is 16.2. The minimum absolute atomic E-state index is 0.901. The number of furan rings is 1. The Bertz CT molecular complexity index is 2790. The van der Waals surface area contributed by atoms with E-state index < -0.39 is 0 Å². The molecule has 1 heterocycles. The third-order valence-electron chi connectivity index (χ3n) is 9.82. The van der Waals surface area contributed by atoms with E-state index in [1.165, 1.54) is 70.9 Å². The Kier molecular flexibility index (Phi) is 5.64. The van der Waals surface area contributed by atoms with E-state index in [1.54, 1.807) is 0 Å². The van der Waals surface area contributed by atoms with Gasteiger partial charge in [-0.15, -0.1) is 0 Å². The molecule has 47 heavy (non-hydrogen) atoms. The monoisotopic (exact) mass is 596 g/mol. The summed E-state index contributed by atoms with van der Waals surface area (Å²) in [6, 6.07) is 61.6. The summed E-state index contributed by atoms with van der Waals surface area (Å²) >= 11 is 0. The van der Waals surface area contributed by atoms with Crippen molar-refractivity contribution in [2.75, 3.05) is 0 Å². The lowest BCUT2D eigenvalue weighted by molar-refractivity contribution is 0.669. The molecule has 9 aromatic carbocycles. The zero-order valence-electron chi connectivity index (χ0n) is 25.6. The highest BCUT2D eigenvalue weighted by Gasteiger charge is 2.22. The Balaban J connectivity index is 1.37. The molecule has 0 radical (unpaired) electrons. The Morgan fingerprint density at radius 2 is 0.872 bits per heavy atom. The Labute approximate surface area is 271 Å². The van der Waals surface area contributed by atoms with Gasteiger partial charge in [-0.2, -0.15) is 0 Å². The molecule has 10 aromatic rings. The largest absolute Gasteiger partial charge is 0.456 e. The number of para-hydroxylation sites is 1. The maximum absolute atomic E-state index is 6.65. The Morgan fingerprint density at radius 3 is 1.62 bits per heavy atom. The average molecular weight is 597 g/mol. The van der Waals surface area contributed by atoms with Crippen LogP contribution in [-0.2, 0) is 0 Å². The van der Waals surface area contributed by atoms with Crippen LogP contribution in [0, 0.1) is 0 Å². The smallest absolute Gasteiger partial charge is 0.136 e. The van der Waals surface area contributed by atoms with E-state index in [-0.39, 0.29) is 0 Å². The normalized spacial score (nSPS) is 11.8. The molecule has 0 amide bonds. The second-order valence-corrected chi connectivity index (χ2v) is 12.4. The summed E-state index contributed by atoms with van der Waals surface area (Å²) in [4.78, 5) is 0. The van der Waals surface area contributed by atoms with Gasteiger partial charge in [0.25, 0.3) is 0 Å². The molecule has 0 saturated carbocycles. The van der Waals surface area contributed by atoms with Crippen LogP contribution in [0.15, 0.2) is 174 Å². The highest BCUT2D eigenvalue weighted by molar-refractivity contribution is 6.26. The predicted molar refractivity (Wildman–Crippen MR) is 200 cm³/mol. The molecule has 0 fully saturated rings. The van der Waals surface area contributed by atoms with E-state index in [0.717, 1.165) is 27.5 Å². The standard InChI is InChI=1S/C46H28O/c1-2-14-31-26-32(25-24-29(31)12-1)44-36-17-5-7-19-38(36)45(39-20-8-6-18-37(39)44)41-27-33(35-22-11-15-30-13-3-4-16-34(30)35)28-43-46(41)40-21-9-10-23-42(40)47-43/h1-28H. The maximum atomic E-state index is 6.65. The molecule has 1 aromatic heterocycles. The van der Waals surface area contributed by atoms with Crippen molar-refractivity contribution in [1.29, 1.82) is 0 Å². The molecule has 0 unspecified atom stereocenters. The van der Waals surface area contributed by atoms with Crippen molar-refractivity contribution in [3.05, 3.63) is 170 Å². The van der Waals surface area contributed by atoms with E-state index >= 15 is 0 Å². The zero-order chi connectivity index (χ0) is 30.9. The van der Waals surface area contributed by atoms with Crippen molar-refractivity contribution in [2.45, 2.75) is 0 Å². The van der Waals surface area contributed by atoms with Gasteiger partial charge in [0.1, 0.15) is 11.2 Å². The fourth-order valence-corrected chi connectivity index (χ4v) is 7.76. The van der Waals surface area contributed by atoms with Gasteiger partial charge in [0.2, 0.25) is 0 Å². The molecule has 1 nitrogen and oxygen atoms in total. The van der Waals surface area contributed by atoms with Crippen molar-refractivity contribution in [1.82, 2.24) is 0 Å². The summed E-state index contributed by atoms with van der Waals surface area (Å²) in [5, 5.41) is 12.2. The molecule has 0 aliphatic rings. The van der Waals surface area contributed by atoms with Gasteiger partial charge in [0.15, 0.2) is 0 Å². The second kappa shape index (κ2) is 10.2. The number of hydrogen-bond acceptors (Lipinski definition) is 1. The van der Waals surface area contributed by atoms with E-state index in [2.05, 4.69) is 170 Å². The third-order valence-corrected chi connectivity index (χ3v) is 9.82. The fourth-order valence-electron chi connectivity index (χ4n) is 7.76. The third kappa shape index (κ3) is 3.97. The summed E-state index contributed by atoms with van der Waals surface area (Å²) in [7, 11) is 0. The molecule has 0 saturated heterocycles. The summed E-state index contributed by atoms with van der Waals surface area (Å²) in [6.07, 6.45) is 0. The van der Waals surface area contributed by atoms with Crippen LogP contribution >= 0.6 is 0 Å². The summed E-state index contributed by atoms with van der Waals surface area (Å²) in [6.45, 7) is 0. The first kappa shape index (κ1) is 26.1. The second-order valence-electron chi connectivity index (χ2n) is 12.4. The van der Waals surface area contributed by atoms with E-state index in [4.69, 9.17) is 4.42 Å². The van der Waals surface area contributed by atoms with Gasteiger partial charge < -0.3 is 4.42 Å². The molecule has 0 atom stereocenters. The number of rotatable bonds is 3. The number of hydrogen-bond donors (Lipinski definition) is 0. The quantitative estimate of drug-likeness (QED) is 0.185. The minimum atomic E-state index is 0.901. The Morgan fingerprint density at radius 1 is 0.298 bits per heavy atom. The molecule has 10 rings (SSSR count). The van der Waals surface area contributed by atoms with Crippen molar-refractivity contribution in [3.8, 4) is 33.4 Å². The van der Waals surface area contributed by atoms with Crippen LogP contribution in [0.2, 0.25) is 0 Å². The highest BCUT2D eigenvalue weighted by atomic mass is 16.3. The van der Waals surface area contributed by atoms with Gasteiger partial charge in [-0.1, -0.05) is 146 Å². The summed E-state index contributed by atoms with van der Waals surface area (Å²) < 4.78 is 6.65. The predicted octanol–water partition coefficient (Wildman–Crippen LogP) is 13.2. The van der Waals surface area contributed by atoms with Crippen molar-refractivity contribution in [3.63, 3.8) is 0 Å². The molecule has 0 N–H and O–H groups in total. The van der Waals surface area contributed by atoms with Crippen LogP contribution in [0.4, 0.5) is 0 Å². The molecular formula is C46H28O. The van der Waals surface area contributed by atoms with Crippen LogP contribution in [-0.4, -0.2) is 0 Å². The van der Waals surface area contributed by atoms with Crippen LogP contribution in [0.1, 0.15) is 0 Å². The molecule has 0 bridgehead atoms. The fraction of sp³-hybridized carbons (Fsp3) is 0. The first-order chi connectivity index (χ1) is 23.3. The van der Waals surface area contributed by atoms with Crippen molar-refractivity contribution < 1.29 is 4.42 Å². The Hall–Kier alpha value is -6.18. The van der Waals surface area contributed by atoms with Crippen LogP contribution in [0.3, 0.4) is 0 Å². The highest BCUT2D eigenvalue weighted by Crippen LogP contribution is 2.48. The molecule has 0 spiro atoms. The SMILES string of the molecule is c1ccc2cc(-c3c4ccccc4c(-c4cc(-c5cccc6ccccc56)cc5oc6ccccc6c45)c4ccccc34)ccc2c1. The lowest BCUT2D eigenvalue weighted by Gasteiger charge is -2.19. The average Bonchev–Trinajstić information content (AvgIpc) is 3.52. The van der Waals surface area contributed by atoms with E-state index in [1.807, 2.05) is 0 Å². The molecule has 1 heteroatoms. The van der Waals surface area contributed by atoms with Gasteiger partial charge in [-0.05, 0) is 101 Å². The van der Waals surface area contributed by atoms with Gasteiger partial charge in [-0.25, -0.2) is 0 Å². The van der Waals surface area contributed by atoms with Crippen LogP contribution in [0.5, 0.6) is 0 Å². The number of benzene rings is 9. The van der Waals surface area contributed by atoms with E-state index in [0.29, 0.717) is 0 Å². The molecular weight excluding hydrogens is 569 g/mol. The lowest BCUT2D eigenvalue weighted by atomic mass is 9.83. The topological polar surface area (TPSA) is 13.1 Å². The molecule has 218 valence electrons. The van der Waals surface area contributed by atoms with Gasteiger partial charge in [0, 0.05) is 10.8 Å². The lowest BCUT2D eigenvalue weighted by Crippen LogP contribution is -1.92. The maximum Gasteiger partial charge on any atom is 0.136 e. The minimum Gasteiger partial charge on any atom is -0.456 e. The molecule has 0 aliphatic carbocycles. The zero-order valence-corrected chi connectivity index (χ0v) is 25.6. The van der Waals surface area contributed by atoms with Crippen molar-refractivity contribution >= 4 is 65.0 Å². The summed E-state index contributed by atoms with van der Waals surface area (Å²) in [5.74, 6) is 0. The van der Waals surface area contributed by atoms with Crippen LogP contribution in [0.25, 0.3) is 98.4 Å². The van der Waals surface area contributed by atoms with Gasteiger partial charge in [-0.3, -0.25) is 0 Å². The summed E-state index contributed by atoms with van der Waals surface area (Å²) in [5.41, 5.74) is 9.07. The first-order valence-electron chi connectivity index (χ1n) is 16.2. The molecule has 0 aliphatic heterocycles. The van der Waals surface area contributed by atoms with Gasteiger partial charge in [0.05, 0.1) is 0 Å².